The summed E-state index contributed by atoms with van der Waals surface area (Å²) in [6.45, 7) is 0.811. The number of methoxy groups -OCH3 is 1. The Hall–Kier alpha value is -3.89. The first-order chi connectivity index (χ1) is 15.2. The number of aromatic nitrogens is 3. The van der Waals surface area contributed by atoms with E-state index in [1.165, 1.54) is 29.3 Å². The van der Waals surface area contributed by atoms with Crippen molar-refractivity contribution >= 4 is 29.2 Å². The number of carbonyl (C=O) groups is 1. The standard InChI is InChI=1S/C21H19F3N6O2/c1-13-3-5-15(6-4-13)29-11-14-9-26-19(27-12-21(22,23)24)28-18(14)30(20(29)31)16-7-8-17(32-2)25-10-16/h3-10H,11-12H2,1-2H3,(H,26,27,28). The molecule has 0 saturated heterocycles. The second-order valence-corrected chi connectivity index (χ2v) is 7.11. The third-order valence-corrected chi connectivity index (χ3v) is 4.78. The van der Waals surface area contributed by atoms with Gasteiger partial charge in [0.05, 0.1) is 25.5 Å². The van der Waals surface area contributed by atoms with Crippen LogP contribution in [0.25, 0.3) is 0 Å². The highest BCUT2D eigenvalue weighted by molar-refractivity contribution is 6.10. The molecule has 4 rings (SSSR count). The lowest BCUT2D eigenvalue weighted by atomic mass is 10.1. The van der Waals surface area contributed by atoms with E-state index >= 15 is 0 Å². The average Bonchev–Trinajstić information content (AvgIpc) is 2.77. The lowest BCUT2D eigenvalue weighted by Crippen LogP contribution is -2.45. The molecule has 3 aromatic rings. The van der Waals surface area contributed by atoms with Gasteiger partial charge < -0.3 is 10.1 Å². The van der Waals surface area contributed by atoms with E-state index in [4.69, 9.17) is 4.74 Å². The first-order valence-electron chi connectivity index (χ1n) is 9.60. The maximum absolute atomic E-state index is 13.5. The van der Waals surface area contributed by atoms with Crippen molar-refractivity contribution in [3.05, 3.63) is 59.9 Å². The van der Waals surface area contributed by atoms with Crippen molar-refractivity contribution in [2.75, 3.05) is 28.8 Å². The van der Waals surface area contributed by atoms with Gasteiger partial charge in [-0.1, -0.05) is 17.7 Å². The second-order valence-electron chi connectivity index (χ2n) is 7.11. The first-order valence-corrected chi connectivity index (χ1v) is 9.60. The third-order valence-electron chi connectivity index (χ3n) is 4.78. The van der Waals surface area contributed by atoms with Crippen LogP contribution >= 0.6 is 0 Å². The molecule has 166 valence electrons. The number of amides is 2. The summed E-state index contributed by atoms with van der Waals surface area (Å²) in [6.07, 6.45) is -1.58. The molecule has 1 N–H and O–H groups in total. The molecule has 0 radical (unpaired) electrons. The van der Waals surface area contributed by atoms with Gasteiger partial charge in [-0.15, -0.1) is 0 Å². The van der Waals surface area contributed by atoms with Gasteiger partial charge >= 0.3 is 12.2 Å². The minimum Gasteiger partial charge on any atom is -0.481 e. The Morgan fingerprint density at radius 3 is 2.41 bits per heavy atom. The number of alkyl halides is 3. The van der Waals surface area contributed by atoms with Gasteiger partial charge in [-0.2, -0.15) is 18.2 Å². The van der Waals surface area contributed by atoms with Crippen molar-refractivity contribution in [2.24, 2.45) is 0 Å². The van der Waals surface area contributed by atoms with Gasteiger partial charge in [0.2, 0.25) is 11.8 Å². The highest BCUT2D eigenvalue weighted by Crippen LogP contribution is 2.36. The number of pyridine rings is 1. The molecule has 32 heavy (non-hydrogen) atoms. The lowest BCUT2D eigenvalue weighted by Gasteiger charge is -2.36. The molecular formula is C21H19F3N6O2. The van der Waals surface area contributed by atoms with Gasteiger partial charge in [-0.3, -0.25) is 4.90 Å². The predicted octanol–water partition coefficient (Wildman–Crippen LogP) is 4.44. The van der Waals surface area contributed by atoms with Gasteiger partial charge in [0.25, 0.3) is 0 Å². The first kappa shape index (κ1) is 21.3. The van der Waals surface area contributed by atoms with Crippen molar-refractivity contribution in [1.82, 2.24) is 15.0 Å². The van der Waals surface area contributed by atoms with E-state index in [1.54, 1.807) is 12.1 Å². The maximum Gasteiger partial charge on any atom is 0.405 e. The Labute approximate surface area is 181 Å². The number of urea groups is 1. The van der Waals surface area contributed by atoms with Gasteiger partial charge in [-0.25, -0.2) is 19.7 Å². The fraction of sp³-hybridized carbons (Fsp3) is 0.238. The zero-order valence-corrected chi connectivity index (χ0v) is 17.2. The number of ether oxygens (including phenoxy) is 1. The van der Waals surface area contributed by atoms with Crippen LogP contribution in [-0.2, 0) is 6.54 Å². The van der Waals surface area contributed by atoms with Crippen molar-refractivity contribution < 1.29 is 22.7 Å². The quantitative estimate of drug-likeness (QED) is 0.627. The summed E-state index contributed by atoms with van der Waals surface area (Å²) in [4.78, 5) is 28.7. The number of fused-ring (bicyclic) bond motifs is 1. The Morgan fingerprint density at radius 2 is 1.78 bits per heavy atom. The molecule has 3 heterocycles. The molecular weight excluding hydrogens is 425 g/mol. The van der Waals surface area contributed by atoms with E-state index in [1.807, 2.05) is 31.2 Å². The summed E-state index contributed by atoms with van der Waals surface area (Å²) in [6, 6.07) is 10.2. The number of carbonyl (C=O) groups excluding carboxylic acids is 1. The van der Waals surface area contributed by atoms with Crippen LogP contribution in [0.3, 0.4) is 0 Å². The van der Waals surface area contributed by atoms with Crippen LogP contribution < -0.4 is 19.9 Å². The largest absolute Gasteiger partial charge is 0.481 e. The molecule has 1 aromatic carbocycles. The Bertz CT molecular complexity index is 1120. The smallest absolute Gasteiger partial charge is 0.405 e. The minimum atomic E-state index is -4.43. The number of benzene rings is 1. The third kappa shape index (κ3) is 4.41. The summed E-state index contributed by atoms with van der Waals surface area (Å²) >= 11 is 0. The van der Waals surface area contributed by atoms with Crippen LogP contribution in [0.15, 0.2) is 48.8 Å². The molecule has 2 aromatic heterocycles. The summed E-state index contributed by atoms with van der Waals surface area (Å²) in [7, 11) is 1.47. The molecule has 0 fully saturated rings. The summed E-state index contributed by atoms with van der Waals surface area (Å²) < 4.78 is 42.9. The van der Waals surface area contributed by atoms with Crippen LogP contribution in [0.1, 0.15) is 11.1 Å². The van der Waals surface area contributed by atoms with Gasteiger partial charge in [0.15, 0.2) is 5.82 Å². The number of rotatable bonds is 5. The van der Waals surface area contributed by atoms with E-state index in [-0.39, 0.29) is 18.3 Å². The number of nitrogens with one attached hydrogen (secondary N) is 1. The van der Waals surface area contributed by atoms with Crippen LogP contribution in [-0.4, -0.2) is 40.8 Å². The number of aryl methyl sites for hydroxylation is 1. The number of hydrogen-bond acceptors (Lipinski definition) is 6. The monoisotopic (exact) mass is 444 g/mol. The van der Waals surface area contributed by atoms with E-state index < -0.39 is 18.8 Å². The Balaban J connectivity index is 1.76. The van der Waals surface area contributed by atoms with Crippen LogP contribution in [0, 0.1) is 6.92 Å². The van der Waals surface area contributed by atoms with E-state index in [0.717, 1.165) is 5.56 Å². The zero-order valence-electron chi connectivity index (χ0n) is 17.2. The highest BCUT2D eigenvalue weighted by Gasteiger charge is 2.35. The molecule has 11 heteroatoms. The van der Waals surface area contributed by atoms with Gasteiger partial charge in [0, 0.05) is 23.5 Å². The molecule has 2 amide bonds. The number of anilines is 4. The van der Waals surface area contributed by atoms with Crippen LogP contribution in [0.2, 0.25) is 0 Å². The van der Waals surface area contributed by atoms with Crippen molar-refractivity contribution in [3.8, 4) is 5.88 Å². The molecule has 0 bridgehead atoms. The Morgan fingerprint density at radius 1 is 1.06 bits per heavy atom. The fourth-order valence-electron chi connectivity index (χ4n) is 3.20. The highest BCUT2D eigenvalue weighted by atomic mass is 19.4. The zero-order chi connectivity index (χ0) is 22.9. The molecule has 1 aliphatic rings. The van der Waals surface area contributed by atoms with Gasteiger partial charge in [-0.05, 0) is 25.1 Å². The number of hydrogen-bond donors (Lipinski definition) is 1. The number of nitrogens with zero attached hydrogens (tertiary/aromatic N) is 5. The van der Waals surface area contributed by atoms with E-state index in [9.17, 15) is 18.0 Å². The van der Waals surface area contributed by atoms with E-state index in [2.05, 4.69) is 20.3 Å². The molecule has 8 nitrogen and oxygen atoms in total. The average molecular weight is 444 g/mol. The number of halogens is 3. The van der Waals surface area contributed by atoms with Crippen molar-refractivity contribution in [2.45, 2.75) is 19.6 Å². The second kappa shape index (κ2) is 8.33. The van der Waals surface area contributed by atoms with Crippen LogP contribution in [0.4, 0.5) is 41.1 Å². The van der Waals surface area contributed by atoms with Gasteiger partial charge in [0.1, 0.15) is 6.54 Å². The molecule has 0 aliphatic carbocycles. The van der Waals surface area contributed by atoms with Crippen molar-refractivity contribution in [1.29, 1.82) is 0 Å². The molecule has 0 unspecified atom stereocenters. The molecule has 0 saturated carbocycles. The molecule has 0 spiro atoms. The Kier molecular flexibility index (Phi) is 5.56. The van der Waals surface area contributed by atoms with Crippen molar-refractivity contribution in [3.63, 3.8) is 0 Å². The lowest BCUT2D eigenvalue weighted by molar-refractivity contribution is -0.115. The summed E-state index contributed by atoms with van der Waals surface area (Å²) in [5.41, 5.74) is 2.66. The molecule has 0 atom stereocenters. The maximum atomic E-state index is 13.5. The predicted molar refractivity (Wildman–Crippen MR) is 112 cm³/mol. The van der Waals surface area contributed by atoms with Crippen LogP contribution in [0.5, 0.6) is 5.88 Å². The fourth-order valence-corrected chi connectivity index (χ4v) is 3.20. The SMILES string of the molecule is COc1ccc(N2C(=O)N(c3ccc(C)cc3)Cc3cnc(NCC(F)(F)F)nc32)cn1. The normalized spacial score (nSPS) is 13.7. The summed E-state index contributed by atoms with van der Waals surface area (Å²) in [5, 5.41) is 2.15. The minimum absolute atomic E-state index is 0.164. The van der Waals surface area contributed by atoms with E-state index in [0.29, 0.717) is 22.8 Å². The summed E-state index contributed by atoms with van der Waals surface area (Å²) in [5.74, 6) is 0.304. The topological polar surface area (TPSA) is 83.5 Å². The molecule has 1 aliphatic heterocycles.